The standard InChI is InChI=1S/C16H14BrN5O2/c1-24-14-9-5-4-8-13(14)18-15(23)10-22-20-16(19-21-22)11-6-2-3-7-12(11)17/h2-9H,10H2,1H3,(H,18,23). The van der Waals surface area contributed by atoms with Crippen LogP contribution in [0.3, 0.4) is 0 Å². The molecule has 0 aliphatic heterocycles. The maximum atomic E-state index is 12.2. The van der Waals surface area contributed by atoms with Crippen LogP contribution in [-0.2, 0) is 11.3 Å². The van der Waals surface area contributed by atoms with Gasteiger partial charge in [-0.1, -0.05) is 40.2 Å². The first-order valence-electron chi connectivity index (χ1n) is 7.13. The summed E-state index contributed by atoms with van der Waals surface area (Å²) < 4.78 is 6.07. The molecule has 122 valence electrons. The van der Waals surface area contributed by atoms with Crippen molar-refractivity contribution in [2.24, 2.45) is 0 Å². The number of nitrogens with zero attached hydrogens (tertiary/aromatic N) is 4. The molecule has 0 unspecified atom stereocenters. The van der Waals surface area contributed by atoms with E-state index in [-0.39, 0.29) is 12.5 Å². The SMILES string of the molecule is COc1ccccc1NC(=O)Cn1nnc(-c2ccccc2Br)n1. The number of nitrogens with one attached hydrogen (secondary N) is 1. The predicted molar refractivity (Wildman–Crippen MR) is 92.6 cm³/mol. The van der Waals surface area contributed by atoms with Crippen LogP contribution in [-0.4, -0.2) is 33.2 Å². The molecule has 7 nitrogen and oxygen atoms in total. The van der Waals surface area contributed by atoms with Crippen LogP contribution in [0.2, 0.25) is 0 Å². The molecule has 0 fully saturated rings. The first-order chi connectivity index (χ1) is 11.7. The average molecular weight is 388 g/mol. The van der Waals surface area contributed by atoms with Gasteiger partial charge in [0.15, 0.2) is 0 Å². The van der Waals surface area contributed by atoms with Crippen molar-refractivity contribution in [1.29, 1.82) is 0 Å². The summed E-state index contributed by atoms with van der Waals surface area (Å²) in [5.41, 5.74) is 1.41. The van der Waals surface area contributed by atoms with Gasteiger partial charge >= 0.3 is 0 Å². The fourth-order valence-corrected chi connectivity index (χ4v) is 2.59. The number of hydrogen-bond acceptors (Lipinski definition) is 5. The predicted octanol–water partition coefficient (Wildman–Crippen LogP) is 2.75. The molecule has 0 saturated carbocycles. The van der Waals surface area contributed by atoms with Crippen LogP contribution >= 0.6 is 15.9 Å². The van der Waals surface area contributed by atoms with Crippen molar-refractivity contribution in [3.05, 3.63) is 53.0 Å². The molecule has 1 N–H and O–H groups in total. The molecule has 0 bridgehead atoms. The topological polar surface area (TPSA) is 81.9 Å². The molecule has 0 saturated heterocycles. The molecule has 1 aromatic heterocycles. The minimum atomic E-state index is -0.268. The Morgan fingerprint density at radius 1 is 1.21 bits per heavy atom. The molecule has 0 spiro atoms. The zero-order valence-electron chi connectivity index (χ0n) is 12.8. The lowest BCUT2D eigenvalue weighted by molar-refractivity contribution is -0.117. The number of benzene rings is 2. The maximum Gasteiger partial charge on any atom is 0.248 e. The number of carbonyl (C=O) groups is 1. The molecule has 1 amide bonds. The molecule has 0 atom stereocenters. The normalized spacial score (nSPS) is 10.4. The van der Waals surface area contributed by atoms with Gasteiger partial charge < -0.3 is 10.1 Å². The van der Waals surface area contributed by atoms with Crippen molar-refractivity contribution in [2.75, 3.05) is 12.4 Å². The number of rotatable bonds is 5. The molecule has 24 heavy (non-hydrogen) atoms. The highest BCUT2D eigenvalue weighted by Gasteiger charge is 2.12. The number of para-hydroxylation sites is 2. The second-order valence-electron chi connectivity index (χ2n) is 4.87. The van der Waals surface area contributed by atoms with Crippen LogP contribution in [0.15, 0.2) is 53.0 Å². The largest absolute Gasteiger partial charge is 0.495 e. The quantitative estimate of drug-likeness (QED) is 0.727. The molecule has 0 radical (unpaired) electrons. The summed E-state index contributed by atoms with van der Waals surface area (Å²) in [6, 6.07) is 14.7. The highest BCUT2D eigenvalue weighted by atomic mass is 79.9. The molecule has 0 aliphatic carbocycles. The van der Waals surface area contributed by atoms with Gasteiger partial charge in [0.1, 0.15) is 12.3 Å². The van der Waals surface area contributed by atoms with Crippen LogP contribution in [0.1, 0.15) is 0 Å². The number of amides is 1. The summed E-state index contributed by atoms with van der Waals surface area (Å²) >= 11 is 3.44. The third kappa shape index (κ3) is 3.60. The van der Waals surface area contributed by atoms with Gasteiger partial charge in [0.25, 0.3) is 0 Å². The van der Waals surface area contributed by atoms with E-state index in [0.717, 1.165) is 10.0 Å². The van der Waals surface area contributed by atoms with E-state index >= 15 is 0 Å². The number of tetrazole rings is 1. The van der Waals surface area contributed by atoms with E-state index in [0.29, 0.717) is 17.3 Å². The van der Waals surface area contributed by atoms with Crippen LogP contribution in [0.4, 0.5) is 5.69 Å². The molecular formula is C16H14BrN5O2. The molecule has 1 heterocycles. The Balaban J connectivity index is 1.71. The van der Waals surface area contributed by atoms with E-state index in [1.54, 1.807) is 19.2 Å². The first-order valence-corrected chi connectivity index (χ1v) is 7.92. The van der Waals surface area contributed by atoms with Crippen molar-refractivity contribution < 1.29 is 9.53 Å². The Morgan fingerprint density at radius 2 is 1.96 bits per heavy atom. The van der Waals surface area contributed by atoms with Gasteiger partial charge in [0.2, 0.25) is 11.7 Å². The molecule has 0 aliphatic rings. The number of methoxy groups -OCH3 is 1. The Bertz CT molecular complexity index is 865. The monoisotopic (exact) mass is 387 g/mol. The summed E-state index contributed by atoms with van der Waals surface area (Å²) in [5, 5.41) is 14.9. The van der Waals surface area contributed by atoms with Crippen LogP contribution in [0.5, 0.6) is 5.75 Å². The van der Waals surface area contributed by atoms with Crippen LogP contribution in [0, 0.1) is 0 Å². The number of ether oxygens (including phenoxy) is 1. The summed E-state index contributed by atoms with van der Waals surface area (Å²) in [6.07, 6.45) is 0. The third-order valence-corrected chi connectivity index (χ3v) is 3.93. The van der Waals surface area contributed by atoms with Crippen molar-refractivity contribution in [2.45, 2.75) is 6.54 Å². The summed E-state index contributed by atoms with van der Waals surface area (Å²) in [6.45, 7) is -0.0461. The first kappa shape index (κ1) is 16.1. The van der Waals surface area contributed by atoms with E-state index in [4.69, 9.17) is 4.74 Å². The van der Waals surface area contributed by atoms with Gasteiger partial charge in [0, 0.05) is 10.0 Å². The molecule has 2 aromatic carbocycles. The van der Waals surface area contributed by atoms with Gasteiger partial charge in [-0.2, -0.15) is 4.80 Å². The Morgan fingerprint density at radius 3 is 2.75 bits per heavy atom. The second-order valence-corrected chi connectivity index (χ2v) is 5.73. The van der Waals surface area contributed by atoms with Crippen molar-refractivity contribution in [3.63, 3.8) is 0 Å². The fourth-order valence-electron chi connectivity index (χ4n) is 2.13. The van der Waals surface area contributed by atoms with Gasteiger partial charge in [-0.15, -0.1) is 10.2 Å². The minimum absolute atomic E-state index is 0.0461. The maximum absolute atomic E-state index is 12.2. The van der Waals surface area contributed by atoms with E-state index in [1.165, 1.54) is 4.80 Å². The number of halogens is 1. The zero-order valence-corrected chi connectivity index (χ0v) is 14.4. The lowest BCUT2D eigenvalue weighted by Gasteiger charge is -2.09. The number of anilines is 1. The van der Waals surface area contributed by atoms with Crippen LogP contribution in [0.25, 0.3) is 11.4 Å². The Labute approximate surface area is 146 Å². The van der Waals surface area contributed by atoms with E-state index in [2.05, 4.69) is 36.7 Å². The second kappa shape index (κ2) is 7.22. The number of carbonyl (C=O) groups excluding carboxylic acids is 1. The molecular weight excluding hydrogens is 374 g/mol. The average Bonchev–Trinajstić information content (AvgIpc) is 3.04. The molecule has 8 heteroatoms. The Kier molecular flexibility index (Phi) is 4.85. The van der Waals surface area contributed by atoms with Gasteiger partial charge in [-0.25, -0.2) is 0 Å². The van der Waals surface area contributed by atoms with Crippen LogP contribution < -0.4 is 10.1 Å². The lowest BCUT2D eigenvalue weighted by atomic mass is 10.2. The number of hydrogen-bond donors (Lipinski definition) is 1. The van der Waals surface area contributed by atoms with Gasteiger partial charge in [0.05, 0.1) is 12.8 Å². The highest BCUT2D eigenvalue weighted by Crippen LogP contribution is 2.24. The van der Waals surface area contributed by atoms with Crippen molar-refractivity contribution in [3.8, 4) is 17.1 Å². The van der Waals surface area contributed by atoms with E-state index in [9.17, 15) is 4.79 Å². The van der Waals surface area contributed by atoms with E-state index < -0.39 is 0 Å². The Hall–Kier alpha value is -2.74. The van der Waals surface area contributed by atoms with Crippen molar-refractivity contribution >= 4 is 27.5 Å². The molecule has 3 rings (SSSR count). The highest BCUT2D eigenvalue weighted by molar-refractivity contribution is 9.10. The smallest absolute Gasteiger partial charge is 0.248 e. The summed E-state index contributed by atoms with van der Waals surface area (Å²) in [4.78, 5) is 13.4. The molecule has 3 aromatic rings. The summed E-state index contributed by atoms with van der Waals surface area (Å²) in [7, 11) is 1.55. The number of aromatic nitrogens is 4. The minimum Gasteiger partial charge on any atom is -0.495 e. The summed E-state index contributed by atoms with van der Waals surface area (Å²) in [5.74, 6) is 0.773. The lowest BCUT2D eigenvalue weighted by Crippen LogP contribution is -2.20. The van der Waals surface area contributed by atoms with E-state index in [1.807, 2.05) is 36.4 Å². The van der Waals surface area contributed by atoms with Gasteiger partial charge in [-0.3, -0.25) is 4.79 Å². The van der Waals surface area contributed by atoms with Gasteiger partial charge in [-0.05, 0) is 29.5 Å². The van der Waals surface area contributed by atoms with Crippen molar-refractivity contribution in [1.82, 2.24) is 20.2 Å². The fraction of sp³-hybridized carbons (Fsp3) is 0.125. The zero-order chi connectivity index (χ0) is 16.9. The third-order valence-electron chi connectivity index (χ3n) is 3.23.